The van der Waals surface area contributed by atoms with Crippen LogP contribution in [0.15, 0.2) is 43.5 Å². The van der Waals surface area contributed by atoms with E-state index in [1.54, 1.807) is 33.7 Å². The van der Waals surface area contributed by atoms with Gasteiger partial charge in [-0.25, -0.2) is 0 Å². The molecule has 2 amide bonds. The molecule has 218 valence electrons. The van der Waals surface area contributed by atoms with E-state index in [0.717, 1.165) is 29.7 Å². The van der Waals surface area contributed by atoms with Crippen LogP contribution in [-0.2, 0) is 19.1 Å². The Morgan fingerprint density at radius 3 is 2.58 bits per heavy atom. The maximum atomic E-state index is 14.7. The molecule has 7 nitrogen and oxygen atoms in total. The number of thioether (sulfide) groups is 1. The third-order valence-corrected chi connectivity index (χ3v) is 11.7. The average molecular weight is 634 g/mol. The molecule has 4 rings (SSSR count). The van der Waals surface area contributed by atoms with Gasteiger partial charge in [-0.2, -0.15) is 0 Å². The normalized spacial score (nSPS) is 28.4. The fourth-order valence-corrected chi connectivity index (χ4v) is 10.4. The second-order valence-electron chi connectivity index (χ2n) is 11.1. The Hall–Kier alpha value is -2.10. The number of aliphatic hydroxyl groups excluding tert-OH is 1. The number of carbonyl (C=O) groups excluding carboxylic acids is 3. The summed E-state index contributed by atoms with van der Waals surface area (Å²) in [6, 6.07) is 5.23. The number of benzene rings is 1. The number of para-hydroxylation sites is 1. The van der Waals surface area contributed by atoms with Crippen LogP contribution in [0, 0.1) is 25.7 Å². The zero-order valence-corrected chi connectivity index (χ0v) is 25.9. The molecule has 3 heterocycles. The number of aliphatic hydroxyl groups is 1. The van der Waals surface area contributed by atoms with Gasteiger partial charge in [0.2, 0.25) is 5.91 Å². The highest BCUT2D eigenvalue weighted by Crippen LogP contribution is 2.68. The monoisotopic (exact) mass is 632 g/mol. The lowest BCUT2D eigenvalue weighted by atomic mass is 9.71. The summed E-state index contributed by atoms with van der Waals surface area (Å²) < 4.78 is 4.95. The standard InChI is InChI=1S/C31H41BrN2O5S/c1-5-7-11-18-39-30(38)23-24-28(36)34(16-9-8-10-17-35)27(31(24)19-22(32)26(23)40-31)29(37)33(15-6-2)25-20(3)13-12-14-21(25)4/h5-6,12-14,22-24,26-27,35H,1-2,7-11,15-19H2,3-4H3/t22?,23-,24-,26-,27?,31?/m0/s1. The van der Waals surface area contributed by atoms with Crippen LogP contribution in [-0.4, -0.2) is 75.0 Å². The summed E-state index contributed by atoms with van der Waals surface area (Å²) in [5, 5.41) is 9.15. The topological polar surface area (TPSA) is 87.1 Å². The van der Waals surface area contributed by atoms with Crippen LogP contribution >= 0.6 is 27.7 Å². The zero-order valence-electron chi connectivity index (χ0n) is 23.5. The molecule has 3 aliphatic rings. The van der Waals surface area contributed by atoms with Gasteiger partial charge in [0.25, 0.3) is 5.91 Å². The molecule has 1 N–H and O–H groups in total. The molecular weight excluding hydrogens is 592 g/mol. The summed E-state index contributed by atoms with van der Waals surface area (Å²) in [6.45, 7) is 12.7. The fourth-order valence-electron chi connectivity index (χ4n) is 6.79. The minimum absolute atomic E-state index is 0.00929. The van der Waals surface area contributed by atoms with E-state index in [1.165, 1.54) is 0 Å². The number of likely N-dealkylation sites (tertiary alicyclic amines) is 1. The molecule has 0 aromatic heterocycles. The molecule has 1 spiro atoms. The number of carbonyl (C=O) groups is 3. The minimum Gasteiger partial charge on any atom is -0.465 e. The summed E-state index contributed by atoms with van der Waals surface area (Å²) in [6.07, 6.45) is 7.63. The molecule has 3 saturated heterocycles. The quantitative estimate of drug-likeness (QED) is 0.135. The summed E-state index contributed by atoms with van der Waals surface area (Å²) >= 11 is 5.44. The van der Waals surface area contributed by atoms with Gasteiger partial charge in [-0.3, -0.25) is 14.4 Å². The van der Waals surface area contributed by atoms with E-state index in [1.807, 2.05) is 32.0 Å². The predicted molar refractivity (Wildman–Crippen MR) is 164 cm³/mol. The number of alkyl halides is 1. The molecule has 2 bridgehead atoms. The second-order valence-corrected chi connectivity index (χ2v) is 13.8. The highest BCUT2D eigenvalue weighted by molar-refractivity contribution is 9.09. The minimum atomic E-state index is -0.731. The number of amides is 2. The molecule has 3 fully saturated rings. The van der Waals surface area contributed by atoms with Crippen LogP contribution in [0.5, 0.6) is 0 Å². The first-order chi connectivity index (χ1) is 19.2. The number of unbranched alkanes of at least 4 members (excludes halogenated alkanes) is 3. The Labute approximate surface area is 250 Å². The van der Waals surface area contributed by atoms with Crippen molar-refractivity contribution in [1.82, 2.24) is 4.90 Å². The molecule has 0 saturated carbocycles. The van der Waals surface area contributed by atoms with E-state index in [2.05, 4.69) is 29.1 Å². The molecule has 0 radical (unpaired) electrons. The van der Waals surface area contributed by atoms with Gasteiger partial charge in [-0.05, 0) is 63.5 Å². The molecule has 9 heteroatoms. The van der Waals surface area contributed by atoms with E-state index < -0.39 is 22.6 Å². The molecule has 3 unspecified atom stereocenters. The summed E-state index contributed by atoms with van der Waals surface area (Å²) in [5.41, 5.74) is 2.79. The highest BCUT2D eigenvalue weighted by atomic mass is 79.9. The van der Waals surface area contributed by atoms with E-state index in [9.17, 15) is 19.5 Å². The Morgan fingerprint density at radius 1 is 1.20 bits per heavy atom. The number of rotatable bonds is 14. The third kappa shape index (κ3) is 5.53. The molecule has 1 aromatic carbocycles. The van der Waals surface area contributed by atoms with E-state index >= 15 is 0 Å². The van der Waals surface area contributed by atoms with Crippen molar-refractivity contribution < 1.29 is 24.2 Å². The number of hydrogen-bond donors (Lipinski definition) is 1. The van der Waals surface area contributed by atoms with Crippen LogP contribution in [0.25, 0.3) is 0 Å². The lowest BCUT2D eigenvalue weighted by Gasteiger charge is -2.38. The smallest absolute Gasteiger partial charge is 0.310 e. The van der Waals surface area contributed by atoms with Gasteiger partial charge in [0.15, 0.2) is 0 Å². The van der Waals surface area contributed by atoms with Crippen molar-refractivity contribution in [1.29, 1.82) is 0 Å². The van der Waals surface area contributed by atoms with E-state index in [-0.39, 0.29) is 41.1 Å². The SMILES string of the molecule is C=CCCCOC(=O)[C@H]1[C@H]2C(=O)N(CCCCCO)C(C(=O)N(CC=C)c3c(C)cccc3C)C23CC(Br)[C@@H]1S3. The molecule has 3 aliphatic heterocycles. The van der Waals surface area contributed by atoms with Gasteiger partial charge in [-0.15, -0.1) is 24.9 Å². The number of anilines is 1. The Morgan fingerprint density at radius 2 is 1.93 bits per heavy atom. The van der Waals surface area contributed by atoms with Crippen molar-refractivity contribution >= 4 is 51.2 Å². The van der Waals surface area contributed by atoms with Gasteiger partial charge < -0.3 is 19.6 Å². The van der Waals surface area contributed by atoms with Crippen molar-refractivity contribution in [3.8, 4) is 0 Å². The highest BCUT2D eigenvalue weighted by Gasteiger charge is 2.76. The first-order valence-electron chi connectivity index (χ1n) is 14.2. The van der Waals surface area contributed by atoms with Crippen molar-refractivity contribution in [3.05, 3.63) is 54.6 Å². The molecule has 6 atom stereocenters. The lowest BCUT2D eigenvalue weighted by Crippen LogP contribution is -2.56. The number of aryl methyl sites for hydroxylation is 2. The van der Waals surface area contributed by atoms with Gasteiger partial charge in [0.05, 0.1) is 23.2 Å². The van der Waals surface area contributed by atoms with Crippen LogP contribution in [0.4, 0.5) is 5.69 Å². The molecular formula is C31H41BrN2O5S. The number of nitrogens with zero attached hydrogens (tertiary/aromatic N) is 2. The largest absolute Gasteiger partial charge is 0.465 e. The maximum Gasteiger partial charge on any atom is 0.310 e. The lowest BCUT2D eigenvalue weighted by molar-refractivity contribution is -0.154. The number of esters is 1. The Kier molecular flexibility index (Phi) is 10.2. The van der Waals surface area contributed by atoms with Crippen LogP contribution in [0.2, 0.25) is 0 Å². The average Bonchev–Trinajstić information content (AvgIpc) is 3.51. The van der Waals surface area contributed by atoms with Crippen LogP contribution in [0.1, 0.15) is 49.7 Å². The van der Waals surface area contributed by atoms with Gasteiger partial charge >= 0.3 is 5.97 Å². The second kappa shape index (κ2) is 13.3. The first-order valence-corrected chi connectivity index (χ1v) is 16.0. The molecule has 1 aromatic rings. The number of allylic oxidation sites excluding steroid dienone is 1. The van der Waals surface area contributed by atoms with Crippen molar-refractivity contribution in [2.24, 2.45) is 11.8 Å². The van der Waals surface area contributed by atoms with Crippen molar-refractivity contribution in [2.75, 3.05) is 31.2 Å². The third-order valence-electron chi connectivity index (χ3n) is 8.44. The summed E-state index contributed by atoms with van der Waals surface area (Å²) in [5.74, 6) is -1.84. The van der Waals surface area contributed by atoms with Crippen LogP contribution in [0.3, 0.4) is 0 Å². The summed E-state index contributed by atoms with van der Waals surface area (Å²) in [7, 11) is 0. The van der Waals surface area contributed by atoms with Crippen LogP contribution < -0.4 is 4.90 Å². The summed E-state index contributed by atoms with van der Waals surface area (Å²) in [4.78, 5) is 45.9. The van der Waals surface area contributed by atoms with Gasteiger partial charge in [0, 0.05) is 35.5 Å². The first kappa shape index (κ1) is 30.8. The number of fused-ring (bicyclic) bond motifs is 1. The Balaban J connectivity index is 1.73. The number of hydrogen-bond acceptors (Lipinski definition) is 6. The maximum absolute atomic E-state index is 14.7. The van der Waals surface area contributed by atoms with E-state index in [0.29, 0.717) is 38.8 Å². The van der Waals surface area contributed by atoms with Crippen molar-refractivity contribution in [3.63, 3.8) is 0 Å². The van der Waals surface area contributed by atoms with Gasteiger partial charge in [0.1, 0.15) is 6.04 Å². The van der Waals surface area contributed by atoms with E-state index in [4.69, 9.17) is 4.74 Å². The number of halogens is 1. The van der Waals surface area contributed by atoms with Gasteiger partial charge in [-0.1, -0.05) is 46.3 Å². The predicted octanol–water partition coefficient (Wildman–Crippen LogP) is 4.96. The Bertz CT molecular complexity index is 1120. The number of ether oxygens (including phenoxy) is 1. The fraction of sp³-hybridized carbons (Fsp3) is 0.581. The molecule has 0 aliphatic carbocycles. The van der Waals surface area contributed by atoms with Crippen molar-refractivity contribution in [2.45, 2.75) is 73.2 Å². The zero-order chi connectivity index (χ0) is 29.0. The molecule has 40 heavy (non-hydrogen) atoms.